The van der Waals surface area contributed by atoms with Gasteiger partial charge in [-0.05, 0) is 57.5 Å². The molecule has 0 aliphatic carbocycles. The van der Waals surface area contributed by atoms with E-state index in [0.717, 1.165) is 9.87 Å². The van der Waals surface area contributed by atoms with Crippen LogP contribution in [0.1, 0.15) is 33.3 Å². The van der Waals surface area contributed by atoms with E-state index in [0.29, 0.717) is 29.7 Å². The smallest absolute Gasteiger partial charge is 0.244 e. The first-order valence-corrected chi connectivity index (χ1v) is 13.7. The van der Waals surface area contributed by atoms with Crippen molar-refractivity contribution >= 4 is 39.1 Å². The second-order valence-corrected chi connectivity index (χ2v) is 11.3. The van der Waals surface area contributed by atoms with Crippen LogP contribution in [0.15, 0.2) is 42.5 Å². The average Bonchev–Trinajstić information content (AvgIpc) is 2.85. The van der Waals surface area contributed by atoms with Crippen LogP contribution in [0.3, 0.4) is 0 Å². The van der Waals surface area contributed by atoms with Crippen molar-refractivity contribution in [1.29, 1.82) is 0 Å². The summed E-state index contributed by atoms with van der Waals surface area (Å²) in [7, 11) is -3.84. The maximum Gasteiger partial charge on any atom is 0.244 e. The van der Waals surface area contributed by atoms with Gasteiger partial charge >= 0.3 is 0 Å². The van der Waals surface area contributed by atoms with Gasteiger partial charge in [-0.15, -0.1) is 0 Å². The Bertz CT molecular complexity index is 1190. The molecular weight excluding hydrogens is 506 g/mol. The van der Waals surface area contributed by atoms with Crippen LogP contribution in [0.25, 0.3) is 0 Å². The molecule has 0 saturated carbocycles. The van der Waals surface area contributed by atoms with Crippen LogP contribution in [0.5, 0.6) is 11.5 Å². The van der Waals surface area contributed by atoms with E-state index in [1.165, 1.54) is 11.8 Å². The Morgan fingerprint density at radius 2 is 1.67 bits per heavy atom. The molecule has 1 aliphatic rings. The first-order chi connectivity index (χ1) is 17.0. The third-order valence-electron chi connectivity index (χ3n) is 5.66. The van der Waals surface area contributed by atoms with Gasteiger partial charge in [0.25, 0.3) is 0 Å². The third kappa shape index (κ3) is 6.82. The topological polar surface area (TPSA) is 105 Å². The number of halogens is 1. The lowest BCUT2D eigenvalue weighted by Gasteiger charge is -2.32. The van der Waals surface area contributed by atoms with Gasteiger partial charge in [-0.25, -0.2) is 8.42 Å². The van der Waals surface area contributed by atoms with Crippen molar-refractivity contribution in [2.45, 2.75) is 46.3 Å². The molecule has 1 unspecified atom stereocenters. The lowest BCUT2D eigenvalue weighted by Crippen LogP contribution is -2.52. The van der Waals surface area contributed by atoms with E-state index in [9.17, 15) is 18.0 Å². The molecule has 0 fully saturated rings. The van der Waals surface area contributed by atoms with E-state index >= 15 is 0 Å². The zero-order chi connectivity index (χ0) is 26.5. The van der Waals surface area contributed by atoms with Crippen LogP contribution < -0.4 is 19.1 Å². The SMILES string of the molecule is CCS(=O)(=O)N(CC(=O)N(Cc1ccc(Cl)cc1)C(C)C(=O)NC(C)C)c1ccc2c(c1)OCCO2. The van der Waals surface area contributed by atoms with Crippen molar-refractivity contribution in [3.8, 4) is 11.5 Å². The van der Waals surface area contributed by atoms with Crippen molar-refractivity contribution in [2.24, 2.45) is 0 Å². The summed E-state index contributed by atoms with van der Waals surface area (Å²) in [6.45, 7) is 7.14. The Kier molecular flexibility index (Phi) is 9.08. The summed E-state index contributed by atoms with van der Waals surface area (Å²) in [6.07, 6.45) is 0. The normalized spacial score (nSPS) is 13.7. The molecule has 2 aromatic carbocycles. The molecule has 11 heteroatoms. The van der Waals surface area contributed by atoms with Crippen LogP contribution in [0.2, 0.25) is 5.02 Å². The van der Waals surface area contributed by atoms with Gasteiger partial charge in [0, 0.05) is 23.7 Å². The number of anilines is 1. The van der Waals surface area contributed by atoms with Crippen molar-refractivity contribution in [3.05, 3.63) is 53.1 Å². The Balaban J connectivity index is 1.94. The molecule has 0 spiro atoms. The number of hydrogen-bond acceptors (Lipinski definition) is 6. The molecule has 1 N–H and O–H groups in total. The van der Waals surface area contributed by atoms with Crippen molar-refractivity contribution in [2.75, 3.05) is 29.8 Å². The summed E-state index contributed by atoms with van der Waals surface area (Å²) in [4.78, 5) is 27.8. The van der Waals surface area contributed by atoms with E-state index < -0.39 is 28.5 Å². The van der Waals surface area contributed by atoms with Gasteiger partial charge in [-0.1, -0.05) is 23.7 Å². The van der Waals surface area contributed by atoms with Gasteiger partial charge in [0.05, 0.1) is 11.4 Å². The molecule has 1 aliphatic heterocycles. The van der Waals surface area contributed by atoms with Crippen LogP contribution in [-0.2, 0) is 26.2 Å². The zero-order valence-corrected chi connectivity index (χ0v) is 22.4. The van der Waals surface area contributed by atoms with Crippen molar-refractivity contribution < 1.29 is 27.5 Å². The molecule has 0 bridgehead atoms. The minimum Gasteiger partial charge on any atom is -0.486 e. The first-order valence-electron chi connectivity index (χ1n) is 11.8. The van der Waals surface area contributed by atoms with Gasteiger partial charge in [-0.2, -0.15) is 0 Å². The molecule has 0 aromatic heterocycles. The maximum absolute atomic E-state index is 13.6. The number of carbonyl (C=O) groups is 2. The largest absolute Gasteiger partial charge is 0.486 e. The summed E-state index contributed by atoms with van der Waals surface area (Å²) in [6, 6.07) is 10.7. The number of rotatable bonds is 10. The Morgan fingerprint density at radius 3 is 2.28 bits per heavy atom. The minimum absolute atomic E-state index is 0.101. The van der Waals surface area contributed by atoms with E-state index in [4.69, 9.17) is 21.1 Å². The van der Waals surface area contributed by atoms with Gasteiger partial charge in [0.1, 0.15) is 25.8 Å². The second kappa shape index (κ2) is 11.8. The van der Waals surface area contributed by atoms with Crippen LogP contribution >= 0.6 is 11.6 Å². The fourth-order valence-corrected chi connectivity index (χ4v) is 4.86. The Morgan fingerprint density at radius 1 is 1.03 bits per heavy atom. The predicted octanol–water partition coefficient (Wildman–Crippen LogP) is 3.21. The Hall–Kier alpha value is -2.98. The van der Waals surface area contributed by atoms with Gasteiger partial charge in [0.2, 0.25) is 21.8 Å². The summed E-state index contributed by atoms with van der Waals surface area (Å²) < 4.78 is 38.3. The van der Waals surface area contributed by atoms with Gasteiger partial charge < -0.3 is 19.7 Å². The third-order valence-corrected chi connectivity index (χ3v) is 7.65. The minimum atomic E-state index is -3.84. The molecule has 1 heterocycles. The highest BCUT2D eigenvalue weighted by molar-refractivity contribution is 7.92. The maximum atomic E-state index is 13.6. The Labute approximate surface area is 217 Å². The highest BCUT2D eigenvalue weighted by atomic mass is 35.5. The zero-order valence-electron chi connectivity index (χ0n) is 20.9. The quantitative estimate of drug-likeness (QED) is 0.499. The van der Waals surface area contributed by atoms with Gasteiger partial charge in [-0.3, -0.25) is 13.9 Å². The van der Waals surface area contributed by atoms with Crippen molar-refractivity contribution in [1.82, 2.24) is 10.2 Å². The molecule has 2 amide bonds. The number of ether oxygens (including phenoxy) is 2. The number of fused-ring (bicyclic) bond motifs is 1. The lowest BCUT2D eigenvalue weighted by atomic mass is 10.1. The molecule has 3 rings (SSSR count). The van der Waals surface area contributed by atoms with Crippen molar-refractivity contribution in [3.63, 3.8) is 0 Å². The number of nitrogens with one attached hydrogen (secondary N) is 1. The number of nitrogens with zero attached hydrogens (tertiary/aromatic N) is 2. The predicted molar refractivity (Wildman–Crippen MR) is 139 cm³/mol. The van der Waals surface area contributed by atoms with E-state index in [1.807, 2.05) is 13.8 Å². The number of carbonyl (C=O) groups excluding carboxylic acids is 2. The van der Waals surface area contributed by atoms with E-state index in [-0.39, 0.29) is 29.9 Å². The number of benzene rings is 2. The van der Waals surface area contributed by atoms with E-state index in [2.05, 4.69) is 5.32 Å². The summed E-state index contributed by atoms with van der Waals surface area (Å²) >= 11 is 6.00. The lowest BCUT2D eigenvalue weighted by molar-refractivity contribution is -0.139. The fraction of sp³-hybridized carbons (Fsp3) is 0.440. The second-order valence-electron chi connectivity index (χ2n) is 8.72. The highest BCUT2D eigenvalue weighted by Gasteiger charge is 2.31. The molecule has 2 aromatic rings. The number of sulfonamides is 1. The molecule has 36 heavy (non-hydrogen) atoms. The van der Waals surface area contributed by atoms with Gasteiger partial charge in [0.15, 0.2) is 11.5 Å². The molecular formula is C25H32ClN3O6S. The van der Waals surface area contributed by atoms with Crippen LogP contribution in [0, 0.1) is 0 Å². The molecule has 0 radical (unpaired) electrons. The van der Waals surface area contributed by atoms with E-state index in [1.54, 1.807) is 49.4 Å². The molecule has 0 saturated heterocycles. The monoisotopic (exact) mass is 537 g/mol. The first kappa shape index (κ1) is 27.6. The highest BCUT2D eigenvalue weighted by Crippen LogP contribution is 2.35. The molecule has 196 valence electrons. The molecule has 1 atom stereocenters. The summed E-state index contributed by atoms with van der Waals surface area (Å²) in [5.41, 5.74) is 1.03. The number of amides is 2. The fourth-order valence-electron chi connectivity index (χ4n) is 3.68. The average molecular weight is 538 g/mol. The molecule has 9 nitrogen and oxygen atoms in total. The van der Waals surface area contributed by atoms with Crippen LogP contribution in [-0.4, -0.2) is 62.7 Å². The summed E-state index contributed by atoms with van der Waals surface area (Å²) in [5, 5.41) is 3.36. The summed E-state index contributed by atoms with van der Waals surface area (Å²) in [5.74, 6) is -0.159. The number of hydrogen-bond donors (Lipinski definition) is 1. The van der Waals surface area contributed by atoms with Crippen LogP contribution in [0.4, 0.5) is 5.69 Å². The standard InChI is InChI=1S/C25H32ClN3O6S/c1-5-36(32,33)29(21-10-11-22-23(14-21)35-13-12-34-22)16-24(30)28(18(4)25(31)27-17(2)3)15-19-6-8-20(26)9-7-19/h6-11,14,17-18H,5,12-13,15-16H2,1-4H3,(H,27,31).